The Morgan fingerprint density at radius 1 is 1.26 bits per heavy atom. The molecule has 1 aromatic carbocycles. The van der Waals surface area contributed by atoms with Crippen molar-refractivity contribution in [3.05, 3.63) is 32.3 Å². The molecule has 3 rings (SSSR count). The molecule has 2 aromatic rings. The van der Waals surface area contributed by atoms with Crippen LogP contribution in [-0.4, -0.2) is 34.1 Å². The van der Waals surface area contributed by atoms with Crippen molar-refractivity contribution in [1.82, 2.24) is 14.5 Å². The molecule has 0 unspecified atom stereocenters. The van der Waals surface area contributed by atoms with Crippen molar-refractivity contribution >= 4 is 34.1 Å². The van der Waals surface area contributed by atoms with Crippen molar-refractivity contribution < 1.29 is 4.74 Å². The third-order valence-electron chi connectivity index (χ3n) is 4.28. The van der Waals surface area contributed by atoms with E-state index in [1.54, 1.807) is 10.6 Å². The number of aromatic nitrogens is 2. The van der Waals surface area contributed by atoms with Crippen LogP contribution in [0.1, 0.15) is 46.9 Å². The fourth-order valence-electron chi connectivity index (χ4n) is 3.21. The highest BCUT2D eigenvalue weighted by Gasteiger charge is 2.23. The molecule has 7 heteroatoms. The molecule has 0 aliphatic carbocycles. The lowest BCUT2D eigenvalue weighted by atomic mass is 10.2. The zero-order valence-electron chi connectivity index (χ0n) is 16.8. The molecule has 5 nitrogen and oxygen atoms in total. The minimum atomic E-state index is -0.126. The van der Waals surface area contributed by atoms with Crippen LogP contribution in [0.15, 0.2) is 10.9 Å². The molecule has 150 valence electrons. The van der Waals surface area contributed by atoms with Crippen LogP contribution in [0.25, 0.3) is 10.9 Å². The predicted molar refractivity (Wildman–Crippen MR) is 113 cm³/mol. The Bertz CT molecular complexity index is 849. The van der Waals surface area contributed by atoms with E-state index >= 15 is 0 Å². The second-order valence-corrected chi connectivity index (χ2v) is 7.67. The molecule has 0 radical (unpaired) electrons. The number of rotatable bonds is 4. The number of hydrogen-bond acceptors (Lipinski definition) is 4. The van der Waals surface area contributed by atoms with Crippen molar-refractivity contribution in [2.75, 3.05) is 19.7 Å². The summed E-state index contributed by atoms with van der Waals surface area (Å²) in [6.45, 7) is 13.7. The van der Waals surface area contributed by atoms with Gasteiger partial charge >= 0.3 is 0 Å². The largest absolute Gasteiger partial charge is 0.488 e. The van der Waals surface area contributed by atoms with Gasteiger partial charge < -0.3 is 4.74 Å². The molecule has 0 saturated heterocycles. The zero-order chi connectivity index (χ0) is 20.1. The lowest BCUT2D eigenvalue weighted by molar-refractivity contribution is 0.200. The lowest BCUT2D eigenvalue weighted by Gasteiger charge is -2.22. The summed E-state index contributed by atoms with van der Waals surface area (Å²) in [5.74, 6) is 1.52. The number of nitrogens with zero attached hydrogens (tertiary/aromatic N) is 3. The van der Waals surface area contributed by atoms with Crippen molar-refractivity contribution in [1.29, 1.82) is 0 Å². The number of halogens is 2. The van der Waals surface area contributed by atoms with Gasteiger partial charge in [0.05, 0.1) is 22.0 Å². The second kappa shape index (κ2) is 9.76. The predicted octanol–water partition coefficient (Wildman–Crippen LogP) is 4.99. The maximum atomic E-state index is 13.2. The Balaban J connectivity index is 0.00000126. The van der Waals surface area contributed by atoms with Crippen LogP contribution >= 0.6 is 23.2 Å². The Kier molecular flexibility index (Phi) is 7.95. The van der Waals surface area contributed by atoms with Crippen LogP contribution in [0.2, 0.25) is 10.0 Å². The van der Waals surface area contributed by atoms with Crippen LogP contribution in [0.3, 0.4) is 0 Å². The van der Waals surface area contributed by atoms with Crippen LogP contribution in [-0.2, 0) is 13.1 Å². The normalized spacial score (nSPS) is 14.4. The van der Waals surface area contributed by atoms with E-state index in [9.17, 15) is 4.79 Å². The van der Waals surface area contributed by atoms with Crippen LogP contribution in [0.4, 0.5) is 0 Å². The molecule has 0 saturated carbocycles. The van der Waals surface area contributed by atoms with Gasteiger partial charge in [0.1, 0.15) is 17.9 Å². The van der Waals surface area contributed by atoms with E-state index in [1.165, 1.54) is 0 Å². The van der Waals surface area contributed by atoms with Gasteiger partial charge in [0.25, 0.3) is 5.56 Å². The first-order valence-corrected chi connectivity index (χ1v) is 10.4. The quantitative estimate of drug-likeness (QED) is 0.707. The summed E-state index contributed by atoms with van der Waals surface area (Å²) in [5, 5.41) is 1.09. The third kappa shape index (κ3) is 4.76. The maximum absolute atomic E-state index is 13.2. The van der Waals surface area contributed by atoms with Crippen molar-refractivity contribution in [2.24, 2.45) is 5.92 Å². The van der Waals surface area contributed by atoms with Gasteiger partial charge in [-0.25, -0.2) is 4.98 Å². The monoisotopic (exact) mass is 413 g/mol. The molecule has 1 aliphatic heterocycles. The molecular formula is C20H29Cl2N3O2. The first-order valence-electron chi connectivity index (χ1n) is 9.69. The smallest absolute Gasteiger partial charge is 0.263 e. The molecule has 2 heterocycles. The molecule has 27 heavy (non-hydrogen) atoms. The van der Waals surface area contributed by atoms with Crippen molar-refractivity contribution in [2.45, 2.75) is 54.1 Å². The molecule has 0 fully saturated rings. The highest BCUT2D eigenvalue weighted by molar-refractivity contribution is 6.39. The van der Waals surface area contributed by atoms with Gasteiger partial charge in [0, 0.05) is 13.1 Å². The minimum absolute atomic E-state index is 0.126. The highest BCUT2D eigenvalue weighted by Crippen LogP contribution is 2.36. The standard InChI is InChI=1S/C18H23Cl2N3O2.C2H6/c1-4-5-22-6-7-25-17-13(20)8-12(19)15-16(17)21-14(10-22)23(18(15)24)9-11(2)3;1-2/h8,11H,4-7,9-10H2,1-3H3;1-2H3. The SMILES string of the molecule is CC.CCCN1CCOc2c(Cl)cc(Cl)c3c(=O)n(CC(C)C)c(nc23)C1. The summed E-state index contributed by atoms with van der Waals surface area (Å²) in [4.78, 5) is 20.2. The lowest BCUT2D eigenvalue weighted by Crippen LogP contribution is -2.33. The number of benzene rings is 1. The van der Waals surface area contributed by atoms with E-state index in [-0.39, 0.29) is 5.56 Å². The summed E-state index contributed by atoms with van der Waals surface area (Å²) in [7, 11) is 0. The second-order valence-electron chi connectivity index (χ2n) is 6.86. The summed E-state index contributed by atoms with van der Waals surface area (Å²) in [6.07, 6.45) is 1.02. The van der Waals surface area contributed by atoms with Crippen LogP contribution in [0.5, 0.6) is 5.75 Å². The summed E-state index contributed by atoms with van der Waals surface area (Å²) >= 11 is 12.7. The van der Waals surface area contributed by atoms with Crippen molar-refractivity contribution in [3.63, 3.8) is 0 Å². The summed E-state index contributed by atoms with van der Waals surface area (Å²) in [5.41, 5.74) is 0.342. The van der Waals surface area contributed by atoms with Crippen molar-refractivity contribution in [3.8, 4) is 5.75 Å². The van der Waals surface area contributed by atoms with Gasteiger partial charge in [-0.05, 0) is 24.9 Å². The molecular weight excluding hydrogens is 385 g/mol. The third-order valence-corrected chi connectivity index (χ3v) is 4.86. The van der Waals surface area contributed by atoms with Crippen LogP contribution < -0.4 is 10.3 Å². The van der Waals surface area contributed by atoms with Crippen LogP contribution in [0, 0.1) is 5.92 Å². The minimum Gasteiger partial charge on any atom is -0.488 e. The topological polar surface area (TPSA) is 47.4 Å². The van der Waals surface area contributed by atoms with Gasteiger partial charge in [-0.3, -0.25) is 14.3 Å². The summed E-state index contributed by atoms with van der Waals surface area (Å²) in [6, 6.07) is 1.57. The zero-order valence-corrected chi connectivity index (χ0v) is 18.3. The number of hydrogen-bond donors (Lipinski definition) is 0. The van der Waals surface area contributed by atoms with Gasteiger partial charge in [-0.15, -0.1) is 0 Å². The molecule has 1 aliphatic rings. The summed E-state index contributed by atoms with van der Waals surface area (Å²) < 4.78 is 7.64. The average molecular weight is 414 g/mol. The van der Waals surface area contributed by atoms with E-state index < -0.39 is 0 Å². The molecule has 0 amide bonds. The van der Waals surface area contributed by atoms with Gasteiger partial charge in [-0.2, -0.15) is 0 Å². The molecule has 0 N–H and O–H groups in total. The van der Waals surface area contributed by atoms with E-state index in [4.69, 9.17) is 32.9 Å². The fraction of sp³-hybridized carbons (Fsp3) is 0.600. The highest BCUT2D eigenvalue weighted by atomic mass is 35.5. The van der Waals surface area contributed by atoms with Gasteiger partial charge in [0.15, 0.2) is 5.75 Å². The first kappa shape index (κ1) is 22.0. The molecule has 0 spiro atoms. The molecule has 2 bridgehead atoms. The van der Waals surface area contributed by atoms with Gasteiger partial charge in [-0.1, -0.05) is 57.8 Å². The Morgan fingerprint density at radius 2 is 1.96 bits per heavy atom. The Labute approximate surface area is 171 Å². The fourth-order valence-corrected chi connectivity index (χ4v) is 3.80. The number of ether oxygens (including phenoxy) is 1. The maximum Gasteiger partial charge on any atom is 0.263 e. The number of fused-ring (bicyclic) bond motifs is 1. The Morgan fingerprint density at radius 3 is 2.59 bits per heavy atom. The average Bonchev–Trinajstić information content (AvgIpc) is 2.69. The van der Waals surface area contributed by atoms with E-state index in [1.807, 2.05) is 13.8 Å². The van der Waals surface area contributed by atoms with E-state index in [0.717, 1.165) is 25.3 Å². The Hall–Kier alpha value is -1.30. The van der Waals surface area contributed by atoms with Gasteiger partial charge in [0.2, 0.25) is 0 Å². The van der Waals surface area contributed by atoms with E-state index in [0.29, 0.717) is 52.3 Å². The first-order chi connectivity index (χ1) is 12.9. The molecule has 0 atom stereocenters. The van der Waals surface area contributed by atoms with E-state index in [2.05, 4.69) is 25.7 Å². The molecule has 1 aromatic heterocycles.